The highest BCUT2D eigenvalue weighted by Gasteiger charge is 2.29. The van der Waals surface area contributed by atoms with Gasteiger partial charge in [-0.2, -0.15) is 4.98 Å². The Bertz CT molecular complexity index is 1360. The molecule has 1 aliphatic rings. The van der Waals surface area contributed by atoms with Crippen LogP contribution < -0.4 is 9.47 Å². The van der Waals surface area contributed by atoms with E-state index < -0.39 is 0 Å². The summed E-state index contributed by atoms with van der Waals surface area (Å²) < 4.78 is 18.5. The lowest BCUT2D eigenvalue weighted by atomic mass is 9.95. The minimum absolute atomic E-state index is 0.0617. The zero-order valence-electron chi connectivity index (χ0n) is 21.7. The number of methoxy groups -OCH3 is 1. The Morgan fingerprint density at radius 2 is 1.70 bits per heavy atom. The lowest BCUT2D eigenvalue weighted by Gasteiger charge is -2.30. The van der Waals surface area contributed by atoms with Gasteiger partial charge in [0.2, 0.25) is 0 Å². The topological polar surface area (TPSA) is 82.6 Å². The van der Waals surface area contributed by atoms with Gasteiger partial charge in [-0.1, -0.05) is 22.9 Å². The molecule has 1 amide bonds. The van der Waals surface area contributed by atoms with Crippen LogP contribution in [0.4, 0.5) is 0 Å². The van der Waals surface area contributed by atoms with Crippen molar-refractivity contribution in [3.63, 3.8) is 0 Å². The summed E-state index contributed by atoms with van der Waals surface area (Å²) in [5.41, 5.74) is 4.92. The van der Waals surface area contributed by atoms with Gasteiger partial charge >= 0.3 is 0 Å². The van der Waals surface area contributed by atoms with Crippen molar-refractivity contribution in [3.05, 3.63) is 83.1 Å². The molecule has 0 atom stereocenters. The number of aromatic nitrogens is 3. The van der Waals surface area contributed by atoms with E-state index in [2.05, 4.69) is 14.7 Å². The van der Waals surface area contributed by atoms with Crippen molar-refractivity contribution in [1.82, 2.24) is 19.6 Å². The van der Waals surface area contributed by atoms with Crippen molar-refractivity contribution in [2.45, 2.75) is 39.2 Å². The smallest absolute Gasteiger partial charge is 0.264 e. The summed E-state index contributed by atoms with van der Waals surface area (Å²) in [5.74, 6) is 2.94. The Labute approximate surface area is 216 Å². The first-order valence-corrected chi connectivity index (χ1v) is 12.5. The predicted molar refractivity (Wildman–Crippen MR) is 140 cm³/mol. The van der Waals surface area contributed by atoms with Crippen LogP contribution in [-0.2, 0) is 13.7 Å². The second-order valence-electron chi connectivity index (χ2n) is 9.53. The number of amides is 1. The molecule has 1 fully saturated rings. The fraction of sp³-hybridized carbons (Fsp3) is 0.345. The molecule has 192 valence electrons. The van der Waals surface area contributed by atoms with Gasteiger partial charge < -0.3 is 23.5 Å². The predicted octanol–water partition coefficient (Wildman–Crippen LogP) is 5.30. The number of aryl methyl sites for hydroxylation is 1. The first-order chi connectivity index (χ1) is 17.9. The number of rotatable bonds is 7. The molecule has 0 radical (unpaired) electrons. The molecule has 8 heteroatoms. The third-order valence-corrected chi connectivity index (χ3v) is 7.17. The average molecular weight is 501 g/mol. The number of benzene rings is 2. The largest absolute Gasteiger partial charge is 0.497 e. The van der Waals surface area contributed by atoms with Crippen molar-refractivity contribution >= 4 is 5.91 Å². The van der Waals surface area contributed by atoms with Gasteiger partial charge in [0.25, 0.3) is 11.8 Å². The first-order valence-electron chi connectivity index (χ1n) is 12.5. The Hall–Kier alpha value is -4.07. The van der Waals surface area contributed by atoms with E-state index >= 15 is 0 Å². The molecular formula is C29H32N4O4. The van der Waals surface area contributed by atoms with E-state index in [-0.39, 0.29) is 18.4 Å². The summed E-state index contributed by atoms with van der Waals surface area (Å²) in [7, 11) is 3.65. The maximum absolute atomic E-state index is 13.4. The lowest BCUT2D eigenvalue weighted by Crippen LogP contribution is -2.38. The molecular weight excluding hydrogens is 468 g/mol. The molecule has 2 aromatic heterocycles. The SMILES string of the molecule is COc1ccc(-c2cc(C(=O)N3CCC(c4noc(COc5ccc(C)cc5)n4)CC3)c(C)n2C)cc1. The van der Waals surface area contributed by atoms with Gasteiger partial charge in [0.15, 0.2) is 12.4 Å². The van der Waals surface area contributed by atoms with Gasteiger partial charge in [-0.05, 0) is 74.7 Å². The van der Waals surface area contributed by atoms with Crippen molar-refractivity contribution in [2.24, 2.45) is 7.05 Å². The normalized spacial score (nSPS) is 14.1. The van der Waals surface area contributed by atoms with Crippen molar-refractivity contribution < 1.29 is 18.8 Å². The molecule has 4 aromatic rings. The number of piperidine rings is 1. The molecule has 0 N–H and O–H groups in total. The standard InChI is InChI=1S/C29H32N4O4/c1-19-5-9-24(10-6-19)36-18-27-30-28(31-37-27)22-13-15-33(16-14-22)29(34)25-17-26(32(3)20(25)2)21-7-11-23(35-4)12-8-21/h5-12,17,22H,13-16,18H2,1-4H3. The summed E-state index contributed by atoms with van der Waals surface area (Å²) in [4.78, 5) is 19.9. The fourth-order valence-electron chi connectivity index (χ4n) is 4.74. The van der Waals surface area contributed by atoms with Gasteiger partial charge in [-0.15, -0.1) is 0 Å². The number of likely N-dealkylation sites (tertiary alicyclic amines) is 1. The number of nitrogens with zero attached hydrogens (tertiary/aromatic N) is 4. The first kappa shape index (κ1) is 24.6. The molecule has 37 heavy (non-hydrogen) atoms. The van der Waals surface area contributed by atoms with Crippen LogP contribution in [0.25, 0.3) is 11.3 Å². The number of carbonyl (C=O) groups excluding carboxylic acids is 1. The molecule has 2 aromatic carbocycles. The highest BCUT2D eigenvalue weighted by Crippen LogP contribution is 2.30. The quantitative estimate of drug-likeness (QED) is 0.343. The highest BCUT2D eigenvalue weighted by atomic mass is 16.5. The minimum Gasteiger partial charge on any atom is -0.497 e. The molecule has 0 saturated carbocycles. The number of hydrogen-bond donors (Lipinski definition) is 0. The average Bonchev–Trinajstić information content (AvgIpc) is 3.53. The van der Waals surface area contributed by atoms with Gasteiger partial charge in [-0.3, -0.25) is 4.79 Å². The van der Waals surface area contributed by atoms with Crippen molar-refractivity contribution in [1.29, 1.82) is 0 Å². The maximum atomic E-state index is 13.4. The summed E-state index contributed by atoms with van der Waals surface area (Å²) in [5, 5.41) is 4.19. The molecule has 0 spiro atoms. The number of ether oxygens (including phenoxy) is 2. The second kappa shape index (κ2) is 10.5. The maximum Gasteiger partial charge on any atom is 0.264 e. The van der Waals surface area contributed by atoms with Crippen LogP contribution in [-0.4, -0.2) is 45.7 Å². The third-order valence-electron chi connectivity index (χ3n) is 7.17. The van der Waals surface area contributed by atoms with Crippen LogP contribution in [0, 0.1) is 13.8 Å². The highest BCUT2D eigenvalue weighted by molar-refractivity contribution is 5.97. The van der Waals surface area contributed by atoms with E-state index in [0.29, 0.717) is 24.8 Å². The second-order valence-corrected chi connectivity index (χ2v) is 9.53. The van der Waals surface area contributed by atoms with Crippen LogP contribution in [0.5, 0.6) is 11.5 Å². The monoisotopic (exact) mass is 500 g/mol. The zero-order valence-corrected chi connectivity index (χ0v) is 21.7. The Kier molecular flexibility index (Phi) is 6.99. The van der Waals surface area contributed by atoms with Gasteiger partial charge in [0.1, 0.15) is 11.5 Å². The van der Waals surface area contributed by atoms with Crippen LogP contribution in [0.2, 0.25) is 0 Å². The third kappa shape index (κ3) is 5.23. The van der Waals surface area contributed by atoms with Crippen molar-refractivity contribution in [3.8, 4) is 22.8 Å². The number of carbonyl (C=O) groups is 1. The van der Waals surface area contributed by atoms with E-state index in [0.717, 1.165) is 46.9 Å². The molecule has 3 heterocycles. The molecule has 0 aliphatic carbocycles. The van der Waals surface area contributed by atoms with E-state index in [1.54, 1.807) is 7.11 Å². The summed E-state index contributed by atoms with van der Waals surface area (Å²) in [6, 6.07) is 17.7. The van der Waals surface area contributed by atoms with Crippen LogP contribution >= 0.6 is 0 Å². The van der Waals surface area contributed by atoms with Gasteiger partial charge in [0.05, 0.1) is 12.7 Å². The van der Waals surface area contributed by atoms with E-state index in [4.69, 9.17) is 14.0 Å². The molecule has 1 aliphatic heterocycles. The van der Waals surface area contributed by atoms with E-state index in [1.807, 2.05) is 80.4 Å². The molecule has 5 rings (SSSR count). The zero-order chi connectivity index (χ0) is 25.9. The van der Waals surface area contributed by atoms with Crippen LogP contribution in [0.15, 0.2) is 59.1 Å². The minimum atomic E-state index is 0.0617. The molecule has 0 bridgehead atoms. The van der Waals surface area contributed by atoms with Crippen molar-refractivity contribution in [2.75, 3.05) is 20.2 Å². The van der Waals surface area contributed by atoms with Crippen LogP contribution in [0.3, 0.4) is 0 Å². The molecule has 1 saturated heterocycles. The summed E-state index contributed by atoms with van der Waals surface area (Å²) >= 11 is 0. The van der Waals surface area contributed by atoms with E-state index in [9.17, 15) is 4.79 Å². The van der Waals surface area contributed by atoms with Crippen LogP contribution in [0.1, 0.15) is 52.1 Å². The summed E-state index contributed by atoms with van der Waals surface area (Å²) in [6.45, 7) is 5.57. The van der Waals surface area contributed by atoms with Gasteiger partial charge in [0, 0.05) is 37.4 Å². The Morgan fingerprint density at radius 1 is 1.03 bits per heavy atom. The van der Waals surface area contributed by atoms with E-state index in [1.165, 1.54) is 5.56 Å². The summed E-state index contributed by atoms with van der Waals surface area (Å²) in [6.07, 6.45) is 1.58. The lowest BCUT2D eigenvalue weighted by molar-refractivity contribution is 0.0710. The Morgan fingerprint density at radius 3 is 2.38 bits per heavy atom. The molecule has 8 nitrogen and oxygen atoms in total. The molecule has 0 unspecified atom stereocenters. The fourth-order valence-corrected chi connectivity index (χ4v) is 4.74. The number of hydrogen-bond acceptors (Lipinski definition) is 6. The van der Waals surface area contributed by atoms with Gasteiger partial charge in [-0.25, -0.2) is 0 Å². The Balaban J connectivity index is 1.20.